The lowest BCUT2D eigenvalue weighted by atomic mass is 10.1. The first-order valence-electron chi connectivity index (χ1n) is 4.23. The summed E-state index contributed by atoms with van der Waals surface area (Å²) in [7, 11) is 1.47. The van der Waals surface area contributed by atoms with Gasteiger partial charge in [0.25, 0.3) is 5.92 Å². The summed E-state index contributed by atoms with van der Waals surface area (Å²) < 4.78 is 31.2. The van der Waals surface area contributed by atoms with Gasteiger partial charge < -0.3 is 9.84 Å². The molecule has 0 saturated carbocycles. The fraction of sp³-hybridized carbons (Fsp3) is 0.400. The first-order chi connectivity index (χ1) is 6.60. The highest BCUT2D eigenvalue weighted by Crippen LogP contribution is 2.32. The van der Waals surface area contributed by atoms with Gasteiger partial charge >= 0.3 is 0 Å². The van der Waals surface area contributed by atoms with Gasteiger partial charge in [-0.25, -0.2) is 8.78 Å². The lowest BCUT2D eigenvalue weighted by Crippen LogP contribution is -2.14. The Labute approximate surface area is 81.1 Å². The van der Waals surface area contributed by atoms with E-state index in [0.717, 1.165) is 0 Å². The number of ether oxygens (including phenoxy) is 1. The highest BCUT2D eigenvalue weighted by Gasteiger charge is 2.30. The fourth-order valence-electron chi connectivity index (χ4n) is 1.12. The minimum Gasteiger partial charge on any atom is -0.497 e. The molecule has 0 bridgehead atoms. The smallest absolute Gasteiger partial charge is 0.275 e. The number of methoxy groups -OCH3 is 1. The lowest BCUT2D eigenvalue weighted by molar-refractivity contribution is -0.0269. The summed E-state index contributed by atoms with van der Waals surface area (Å²) in [5.74, 6) is -2.44. The molecule has 14 heavy (non-hydrogen) atoms. The van der Waals surface area contributed by atoms with E-state index in [4.69, 9.17) is 9.84 Å². The van der Waals surface area contributed by atoms with Crippen LogP contribution < -0.4 is 4.74 Å². The van der Waals surface area contributed by atoms with E-state index >= 15 is 0 Å². The summed E-state index contributed by atoms with van der Waals surface area (Å²) in [6.45, 7) is -0.529. The number of aliphatic hydroxyl groups is 1. The Morgan fingerprint density at radius 1 is 1.29 bits per heavy atom. The predicted octanol–water partition coefficient (Wildman–Crippen LogP) is 2.17. The van der Waals surface area contributed by atoms with Crippen molar-refractivity contribution in [2.24, 2.45) is 0 Å². The van der Waals surface area contributed by atoms with E-state index in [9.17, 15) is 8.78 Å². The van der Waals surface area contributed by atoms with Crippen molar-refractivity contribution < 1.29 is 18.6 Å². The van der Waals surface area contributed by atoms with Crippen molar-refractivity contribution in [3.05, 3.63) is 29.8 Å². The molecule has 0 amide bonds. The van der Waals surface area contributed by atoms with Crippen molar-refractivity contribution in [3.63, 3.8) is 0 Å². The van der Waals surface area contributed by atoms with Gasteiger partial charge in [0.1, 0.15) is 5.75 Å². The molecule has 0 radical (unpaired) electrons. The first kappa shape index (κ1) is 10.9. The zero-order valence-corrected chi connectivity index (χ0v) is 7.84. The summed E-state index contributed by atoms with van der Waals surface area (Å²) in [6, 6.07) is 5.55. The Bertz CT molecular complexity index is 283. The molecular weight excluding hydrogens is 190 g/mol. The summed E-state index contributed by atoms with van der Waals surface area (Å²) >= 11 is 0. The van der Waals surface area contributed by atoms with Gasteiger partial charge in [-0.3, -0.25) is 0 Å². The van der Waals surface area contributed by atoms with Crippen LogP contribution in [-0.4, -0.2) is 18.8 Å². The maximum absolute atomic E-state index is 13.2. The van der Waals surface area contributed by atoms with Crippen molar-refractivity contribution in [3.8, 4) is 5.75 Å². The average molecular weight is 202 g/mol. The maximum atomic E-state index is 13.2. The van der Waals surface area contributed by atoms with Crippen molar-refractivity contribution in [1.29, 1.82) is 0 Å². The molecule has 0 fully saturated rings. The Hall–Kier alpha value is -1.16. The van der Waals surface area contributed by atoms with Crippen molar-refractivity contribution in [2.45, 2.75) is 12.3 Å². The van der Waals surface area contributed by atoms with E-state index < -0.39 is 19.0 Å². The monoisotopic (exact) mass is 202 g/mol. The predicted molar refractivity (Wildman–Crippen MR) is 48.6 cm³/mol. The molecule has 0 aliphatic rings. The lowest BCUT2D eigenvalue weighted by Gasteiger charge is -2.15. The van der Waals surface area contributed by atoms with E-state index in [1.54, 1.807) is 0 Å². The van der Waals surface area contributed by atoms with Crippen LogP contribution in [0.3, 0.4) is 0 Å². The molecule has 0 atom stereocenters. The van der Waals surface area contributed by atoms with E-state index in [0.29, 0.717) is 5.75 Å². The van der Waals surface area contributed by atoms with Crippen molar-refractivity contribution >= 4 is 0 Å². The summed E-state index contributed by atoms with van der Waals surface area (Å²) in [4.78, 5) is 0. The molecule has 1 N–H and O–H groups in total. The molecule has 0 unspecified atom stereocenters. The molecule has 4 heteroatoms. The topological polar surface area (TPSA) is 29.5 Å². The van der Waals surface area contributed by atoms with Crippen molar-refractivity contribution in [1.82, 2.24) is 0 Å². The average Bonchev–Trinajstić information content (AvgIpc) is 2.18. The Balaban J connectivity index is 2.85. The van der Waals surface area contributed by atoms with E-state index in [-0.39, 0.29) is 5.56 Å². The largest absolute Gasteiger partial charge is 0.497 e. The minimum atomic E-state index is -2.97. The van der Waals surface area contributed by atoms with Gasteiger partial charge in [0.2, 0.25) is 0 Å². The molecule has 0 aromatic heterocycles. The van der Waals surface area contributed by atoms with Gasteiger partial charge in [-0.1, -0.05) is 0 Å². The third-order valence-corrected chi connectivity index (χ3v) is 1.94. The van der Waals surface area contributed by atoms with E-state index in [1.165, 1.54) is 31.4 Å². The molecule has 0 spiro atoms. The number of benzene rings is 1. The number of halogens is 2. The molecular formula is C10H12F2O2. The quantitative estimate of drug-likeness (QED) is 0.810. The summed E-state index contributed by atoms with van der Waals surface area (Å²) in [5.41, 5.74) is -0.104. The van der Waals surface area contributed by atoms with E-state index in [1.807, 2.05) is 0 Å². The Morgan fingerprint density at radius 2 is 1.86 bits per heavy atom. The number of alkyl halides is 2. The van der Waals surface area contributed by atoms with Crippen LogP contribution in [0.4, 0.5) is 8.78 Å². The van der Waals surface area contributed by atoms with Gasteiger partial charge in [0.15, 0.2) is 0 Å². The SMILES string of the molecule is COc1ccc(C(F)(F)CCO)cc1. The Morgan fingerprint density at radius 3 is 2.29 bits per heavy atom. The van der Waals surface area contributed by atoms with Crippen LogP contribution in [0.1, 0.15) is 12.0 Å². The Kier molecular flexibility index (Phi) is 3.41. The number of rotatable bonds is 4. The zero-order valence-electron chi connectivity index (χ0n) is 7.84. The van der Waals surface area contributed by atoms with Crippen LogP contribution in [0, 0.1) is 0 Å². The third kappa shape index (κ3) is 2.42. The molecule has 0 saturated heterocycles. The summed E-state index contributed by atoms with van der Waals surface area (Å²) in [5, 5.41) is 8.46. The number of hydrogen-bond donors (Lipinski definition) is 1. The molecule has 1 aromatic carbocycles. The molecule has 1 aromatic rings. The normalized spacial score (nSPS) is 11.4. The van der Waals surface area contributed by atoms with Crippen LogP contribution in [0.15, 0.2) is 24.3 Å². The van der Waals surface area contributed by atoms with Gasteiger partial charge in [-0.15, -0.1) is 0 Å². The number of aliphatic hydroxyl groups excluding tert-OH is 1. The molecule has 1 rings (SSSR count). The standard InChI is InChI=1S/C10H12F2O2/c1-14-9-4-2-8(3-5-9)10(11,12)6-7-13/h2-5,13H,6-7H2,1H3. The highest BCUT2D eigenvalue weighted by molar-refractivity contribution is 5.29. The molecule has 0 heterocycles. The molecule has 0 aliphatic carbocycles. The second-order valence-electron chi connectivity index (χ2n) is 2.91. The number of hydrogen-bond acceptors (Lipinski definition) is 2. The van der Waals surface area contributed by atoms with Crippen LogP contribution in [0.5, 0.6) is 5.75 Å². The zero-order chi connectivity index (χ0) is 10.6. The second kappa shape index (κ2) is 4.37. The van der Waals surface area contributed by atoms with Crippen LogP contribution in [-0.2, 0) is 5.92 Å². The van der Waals surface area contributed by atoms with Crippen LogP contribution in [0.2, 0.25) is 0 Å². The first-order valence-corrected chi connectivity index (χ1v) is 4.23. The van der Waals surface area contributed by atoms with Gasteiger partial charge in [-0.05, 0) is 24.3 Å². The summed E-state index contributed by atoms with van der Waals surface area (Å²) in [6.07, 6.45) is -0.556. The van der Waals surface area contributed by atoms with Gasteiger partial charge in [0, 0.05) is 18.6 Å². The van der Waals surface area contributed by atoms with Crippen molar-refractivity contribution in [2.75, 3.05) is 13.7 Å². The maximum Gasteiger partial charge on any atom is 0.275 e. The minimum absolute atomic E-state index is 0.104. The van der Waals surface area contributed by atoms with Crippen LogP contribution in [0.25, 0.3) is 0 Å². The van der Waals surface area contributed by atoms with E-state index in [2.05, 4.69) is 0 Å². The molecule has 78 valence electrons. The third-order valence-electron chi connectivity index (χ3n) is 1.94. The van der Waals surface area contributed by atoms with Gasteiger partial charge in [0.05, 0.1) is 7.11 Å². The highest BCUT2D eigenvalue weighted by atomic mass is 19.3. The molecule has 0 aliphatic heterocycles. The second-order valence-corrected chi connectivity index (χ2v) is 2.91. The molecule has 2 nitrogen and oxygen atoms in total. The van der Waals surface area contributed by atoms with Crippen LogP contribution >= 0.6 is 0 Å². The fourth-order valence-corrected chi connectivity index (χ4v) is 1.12. The van der Waals surface area contributed by atoms with Gasteiger partial charge in [-0.2, -0.15) is 0 Å².